The predicted octanol–water partition coefficient (Wildman–Crippen LogP) is 1.85. The first-order chi connectivity index (χ1) is 6.13. The van der Waals surface area contributed by atoms with Crippen molar-refractivity contribution >= 4 is 5.97 Å². The van der Waals surface area contributed by atoms with Gasteiger partial charge < -0.3 is 9.84 Å². The molecule has 0 aliphatic heterocycles. The fourth-order valence-corrected chi connectivity index (χ4v) is 0.772. The summed E-state index contributed by atoms with van der Waals surface area (Å²) in [5.41, 5.74) is 0. The molecule has 0 saturated heterocycles. The van der Waals surface area contributed by atoms with Crippen molar-refractivity contribution in [3.63, 3.8) is 0 Å². The van der Waals surface area contributed by atoms with E-state index in [1.165, 1.54) is 6.07 Å². The number of hydrogen-bond acceptors (Lipinski definition) is 3. The minimum atomic E-state index is -0.575. The van der Waals surface area contributed by atoms with Crippen molar-refractivity contribution in [1.29, 1.82) is 0 Å². The van der Waals surface area contributed by atoms with Gasteiger partial charge in [-0.15, -0.1) is 0 Å². The Hall–Kier alpha value is -1.58. The molecular weight excluding hydrogens is 175 g/mol. The number of phenols is 1. The maximum Gasteiger partial charge on any atom is 0.311 e. The highest BCUT2D eigenvalue weighted by Crippen LogP contribution is 2.26. The third-order valence-electron chi connectivity index (χ3n) is 1.43. The first-order valence-corrected chi connectivity index (χ1v) is 3.82. The van der Waals surface area contributed by atoms with Gasteiger partial charge in [-0.3, -0.25) is 4.79 Å². The molecular formula is C9H9FO3. The van der Waals surface area contributed by atoms with Gasteiger partial charge in [-0.1, -0.05) is 6.92 Å². The molecule has 1 N–H and O–H groups in total. The molecule has 1 aromatic carbocycles. The molecule has 4 heteroatoms. The Balaban J connectivity index is 2.83. The Bertz CT molecular complexity index is 323. The third kappa shape index (κ3) is 2.43. The van der Waals surface area contributed by atoms with Crippen LogP contribution in [0.3, 0.4) is 0 Å². The Morgan fingerprint density at radius 3 is 2.85 bits per heavy atom. The highest BCUT2D eigenvalue weighted by atomic mass is 19.1. The Morgan fingerprint density at radius 2 is 2.31 bits per heavy atom. The summed E-state index contributed by atoms with van der Waals surface area (Å²) in [4.78, 5) is 10.8. The van der Waals surface area contributed by atoms with Crippen LogP contribution in [0.4, 0.5) is 4.39 Å². The van der Waals surface area contributed by atoms with E-state index in [9.17, 15) is 9.18 Å². The minimum Gasteiger partial charge on any atom is -0.504 e. The van der Waals surface area contributed by atoms with E-state index in [0.29, 0.717) is 0 Å². The third-order valence-corrected chi connectivity index (χ3v) is 1.43. The lowest BCUT2D eigenvalue weighted by Crippen LogP contribution is -2.05. The molecule has 1 aromatic rings. The summed E-state index contributed by atoms with van der Waals surface area (Å²) < 4.78 is 17.2. The second kappa shape index (κ2) is 3.89. The average molecular weight is 184 g/mol. The molecule has 0 heterocycles. The van der Waals surface area contributed by atoms with E-state index in [-0.39, 0.29) is 17.9 Å². The van der Waals surface area contributed by atoms with Gasteiger partial charge >= 0.3 is 5.97 Å². The van der Waals surface area contributed by atoms with Crippen molar-refractivity contribution in [3.05, 3.63) is 24.0 Å². The van der Waals surface area contributed by atoms with Crippen LogP contribution in [0.25, 0.3) is 0 Å². The van der Waals surface area contributed by atoms with Crippen LogP contribution in [0.5, 0.6) is 11.5 Å². The van der Waals surface area contributed by atoms with E-state index in [1.54, 1.807) is 6.92 Å². The fraction of sp³-hybridized carbons (Fsp3) is 0.222. The summed E-state index contributed by atoms with van der Waals surface area (Å²) >= 11 is 0. The average Bonchev–Trinajstić information content (AvgIpc) is 2.09. The molecule has 0 saturated carbocycles. The second-order valence-corrected chi connectivity index (χ2v) is 2.44. The molecule has 13 heavy (non-hydrogen) atoms. The van der Waals surface area contributed by atoms with E-state index in [4.69, 9.17) is 9.84 Å². The zero-order chi connectivity index (χ0) is 9.84. The lowest BCUT2D eigenvalue weighted by molar-refractivity contribution is -0.134. The Kier molecular flexibility index (Phi) is 2.84. The summed E-state index contributed by atoms with van der Waals surface area (Å²) in [5, 5.41) is 9.12. The van der Waals surface area contributed by atoms with Crippen molar-refractivity contribution in [2.45, 2.75) is 13.3 Å². The monoisotopic (exact) mass is 184 g/mol. The van der Waals surface area contributed by atoms with Gasteiger partial charge in [0.15, 0.2) is 11.5 Å². The lowest BCUT2D eigenvalue weighted by atomic mass is 10.3. The topological polar surface area (TPSA) is 46.5 Å². The quantitative estimate of drug-likeness (QED) is 0.563. The van der Waals surface area contributed by atoms with Crippen molar-refractivity contribution in [2.75, 3.05) is 0 Å². The van der Waals surface area contributed by atoms with Crippen LogP contribution in [0.2, 0.25) is 0 Å². The number of esters is 1. The number of carbonyl (C=O) groups is 1. The molecule has 0 atom stereocenters. The number of phenolic OH excluding ortho intramolecular Hbond substituents is 1. The van der Waals surface area contributed by atoms with E-state index < -0.39 is 11.8 Å². The highest BCUT2D eigenvalue weighted by Gasteiger charge is 2.07. The number of halogens is 1. The van der Waals surface area contributed by atoms with E-state index in [0.717, 1.165) is 12.1 Å². The smallest absolute Gasteiger partial charge is 0.311 e. The van der Waals surface area contributed by atoms with Gasteiger partial charge in [0.1, 0.15) is 5.82 Å². The first kappa shape index (κ1) is 9.51. The van der Waals surface area contributed by atoms with Crippen LogP contribution in [0.1, 0.15) is 13.3 Å². The second-order valence-electron chi connectivity index (χ2n) is 2.44. The molecule has 1 rings (SSSR count). The predicted molar refractivity (Wildman–Crippen MR) is 44.0 cm³/mol. The zero-order valence-electron chi connectivity index (χ0n) is 7.08. The summed E-state index contributed by atoms with van der Waals surface area (Å²) in [6, 6.07) is 3.20. The molecule has 0 spiro atoms. The van der Waals surface area contributed by atoms with E-state index >= 15 is 0 Å². The van der Waals surface area contributed by atoms with Gasteiger partial charge in [-0.25, -0.2) is 4.39 Å². The lowest BCUT2D eigenvalue weighted by Gasteiger charge is -2.03. The largest absolute Gasteiger partial charge is 0.504 e. The van der Waals surface area contributed by atoms with Gasteiger partial charge in [0.05, 0.1) is 0 Å². The van der Waals surface area contributed by atoms with E-state index in [2.05, 4.69) is 0 Å². The maximum atomic E-state index is 12.5. The highest BCUT2D eigenvalue weighted by molar-refractivity contribution is 5.72. The number of hydrogen-bond donors (Lipinski definition) is 1. The van der Waals surface area contributed by atoms with Gasteiger partial charge in [-0.05, 0) is 12.1 Å². The summed E-state index contributed by atoms with van der Waals surface area (Å²) in [6.07, 6.45) is 0.205. The van der Waals surface area contributed by atoms with Gasteiger partial charge in [0, 0.05) is 12.5 Å². The normalized spacial score (nSPS) is 9.69. The first-order valence-electron chi connectivity index (χ1n) is 3.82. The molecule has 0 amide bonds. The SMILES string of the molecule is CCC(=O)Oc1ccc(F)cc1O. The van der Waals surface area contributed by atoms with Crippen molar-refractivity contribution in [1.82, 2.24) is 0 Å². The molecule has 0 aliphatic rings. The summed E-state index contributed by atoms with van der Waals surface area (Å²) in [6.45, 7) is 1.63. The van der Waals surface area contributed by atoms with Crippen molar-refractivity contribution in [3.8, 4) is 11.5 Å². The van der Waals surface area contributed by atoms with Crippen molar-refractivity contribution in [2.24, 2.45) is 0 Å². The van der Waals surface area contributed by atoms with Crippen LogP contribution in [0, 0.1) is 5.82 Å². The Morgan fingerprint density at radius 1 is 1.62 bits per heavy atom. The maximum absolute atomic E-state index is 12.5. The molecule has 70 valence electrons. The minimum absolute atomic E-state index is 0.0201. The number of benzene rings is 1. The molecule has 0 bridgehead atoms. The molecule has 0 aromatic heterocycles. The summed E-state index contributed by atoms with van der Waals surface area (Å²) in [7, 11) is 0. The number of rotatable bonds is 2. The van der Waals surface area contributed by atoms with Gasteiger partial charge in [0.2, 0.25) is 0 Å². The van der Waals surface area contributed by atoms with Crippen LogP contribution in [-0.4, -0.2) is 11.1 Å². The summed E-state index contributed by atoms with van der Waals surface area (Å²) in [5.74, 6) is -1.44. The number of ether oxygens (including phenoxy) is 1. The van der Waals surface area contributed by atoms with Crippen molar-refractivity contribution < 1.29 is 19.0 Å². The molecule has 3 nitrogen and oxygen atoms in total. The Labute approximate surface area is 74.8 Å². The van der Waals surface area contributed by atoms with Crippen LogP contribution in [0.15, 0.2) is 18.2 Å². The molecule has 0 fully saturated rings. The standard InChI is InChI=1S/C9H9FO3/c1-2-9(12)13-8-4-3-6(10)5-7(8)11/h3-5,11H,2H2,1H3. The van der Waals surface area contributed by atoms with Gasteiger partial charge in [0.25, 0.3) is 0 Å². The zero-order valence-corrected chi connectivity index (χ0v) is 7.08. The van der Waals surface area contributed by atoms with Crippen LogP contribution in [-0.2, 0) is 4.79 Å². The number of aromatic hydroxyl groups is 1. The van der Waals surface area contributed by atoms with Gasteiger partial charge in [-0.2, -0.15) is 0 Å². The fourth-order valence-electron chi connectivity index (χ4n) is 0.772. The van der Waals surface area contributed by atoms with Crippen LogP contribution < -0.4 is 4.74 Å². The molecule has 0 unspecified atom stereocenters. The molecule has 0 radical (unpaired) electrons. The van der Waals surface area contributed by atoms with Crippen LogP contribution >= 0.6 is 0 Å². The van der Waals surface area contributed by atoms with E-state index in [1.807, 2.05) is 0 Å². The molecule has 0 aliphatic carbocycles. The number of carbonyl (C=O) groups excluding carboxylic acids is 1.